The minimum absolute atomic E-state index is 0.129. The van der Waals surface area contributed by atoms with E-state index in [1.165, 1.54) is 8.61 Å². The van der Waals surface area contributed by atoms with E-state index in [4.69, 9.17) is 4.74 Å². The van der Waals surface area contributed by atoms with E-state index in [2.05, 4.69) is 4.98 Å². The number of aromatic nitrogens is 1. The Morgan fingerprint density at radius 1 is 1.27 bits per heavy atom. The van der Waals surface area contributed by atoms with Gasteiger partial charge < -0.3 is 4.74 Å². The third kappa shape index (κ3) is 3.99. The lowest BCUT2D eigenvalue weighted by Crippen LogP contribution is -2.44. The average molecular weight is 382 g/mol. The number of ether oxygens (including phenoxy) is 1. The number of hydrogen-bond acceptors (Lipinski definition) is 5. The Kier molecular flexibility index (Phi) is 5.50. The van der Waals surface area contributed by atoms with Crippen LogP contribution in [-0.2, 0) is 21.4 Å². The highest BCUT2D eigenvalue weighted by molar-refractivity contribution is 7.86. The first-order chi connectivity index (χ1) is 12.3. The van der Waals surface area contributed by atoms with Gasteiger partial charge in [0, 0.05) is 32.9 Å². The number of piperidine rings is 1. The van der Waals surface area contributed by atoms with Crippen molar-refractivity contribution in [1.29, 1.82) is 0 Å². The molecule has 1 aromatic rings. The molecule has 0 aromatic carbocycles. The van der Waals surface area contributed by atoms with Crippen LogP contribution in [0.15, 0.2) is 18.2 Å². The van der Waals surface area contributed by atoms with Gasteiger partial charge in [0.05, 0.1) is 6.54 Å². The molecule has 3 rings (SSSR count). The molecule has 0 saturated carbocycles. The van der Waals surface area contributed by atoms with E-state index >= 15 is 0 Å². The minimum Gasteiger partial charge on any atom is -0.444 e. The Labute approximate surface area is 154 Å². The van der Waals surface area contributed by atoms with Crippen LogP contribution in [0, 0.1) is 5.92 Å². The molecule has 2 saturated heterocycles. The zero-order valence-corrected chi connectivity index (χ0v) is 16.3. The van der Waals surface area contributed by atoms with Crippen LogP contribution in [0.25, 0.3) is 0 Å². The number of rotatable bonds is 5. The SMILES string of the molecule is CC1CN(c2cccc(CC3CCN(S(=O)(=O)N(C)C)CC3)n2)C(=O)O1. The molecule has 0 aliphatic carbocycles. The fourth-order valence-corrected chi connectivity index (χ4v) is 4.53. The van der Waals surface area contributed by atoms with Gasteiger partial charge in [-0.3, -0.25) is 4.90 Å². The van der Waals surface area contributed by atoms with Crippen LogP contribution in [0.4, 0.5) is 10.6 Å². The number of pyridine rings is 1. The molecule has 0 radical (unpaired) electrons. The summed E-state index contributed by atoms with van der Waals surface area (Å²) in [6, 6.07) is 5.67. The summed E-state index contributed by atoms with van der Waals surface area (Å²) in [5.41, 5.74) is 0.920. The van der Waals surface area contributed by atoms with Gasteiger partial charge >= 0.3 is 6.09 Å². The van der Waals surface area contributed by atoms with E-state index in [1.54, 1.807) is 19.0 Å². The third-order valence-electron chi connectivity index (χ3n) is 4.89. The molecule has 0 spiro atoms. The van der Waals surface area contributed by atoms with Crippen LogP contribution >= 0.6 is 0 Å². The molecule has 2 aliphatic rings. The Hall–Kier alpha value is -1.71. The predicted molar refractivity (Wildman–Crippen MR) is 98.1 cm³/mol. The summed E-state index contributed by atoms with van der Waals surface area (Å²) in [5.74, 6) is 1.00. The van der Waals surface area contributed by atoms with Gasteiger partial charge in [-0.2, -0.15) is 17.0 Å². The Morgan fingerprint density at radius 2 is 1.96 bits per heavy atom. The van der Waals surface area contributed by atoms with Crippen molar-refractivity contribution in [2.75, 3.05) is 38.6 Å². The molecule has 9 heteroatoms. The van der Waals surface area contributed by atoms with E-state index in [9.17, 15) is 13.2 Å². The number of amides is 1. The molecule has 2 aliphatic heterocycles. The molecule has 26 heavy (non-hydrogen) atoms. The largest absolute Gasteiger partial charge is 0.444 e. The van der Waals surface area contributed by atoms with Crippen molar-refractivity contribution in [3.05, 3.63) is 23.9 Å². The Balaban J connectivity index is 1.61. The maximum atomic E-state index is 12.2. The zero-order chi connectivity index (χ0) is 18.9. The first-order valence-corrected chi connectivity index (χ1v) is 10.3. The van der Waals surface area contributed by atoms with Crippen LogP contribution in [0.3, 0.4) is 0 Å². The molecule has 0 bridgehead atoms. The maximum Gasteiger partial charge on any atom is 0.415 e. The molecule has 1 atom stereocenters. The van der Waals surface area contributed by atoms with E-state index in [1.807, 2.05) is 25.1 Å². The maximum absolute atomic E-state index is 12.2. The molecule has 1 unspecified atom stereocenters. The van der Waals surface area contributed by atoms with Crippen molar-refractivity contribution in [2.45, 2.75) is 32.3 Å². The van der Waals surface area contributed by atoms with Gasteiger partial charge in [0.15, 0.2) is 0 Å². The smallest absolute Gasteiger partial charge is 0.415 e. The number of anilines is 1. The average Bonchev–Trinajstić information content (AvgIpc) is 2.94. The monoisotopic (exact) mass is 382 g/mol. The Morgan fingerprint density at radius 3 is 2.54 bits per heavy atom. The number of cyclic esters (lactones) is 1. The third-order valence-corrected chi connectivity index (χ3v) is 6.83. The molecule has 1 aromatic heterocycles. The second-order valence-corrected chi connectivity index (χ2v) is 9.27. The first kappa shape index (κ1) is 19.1. The Bertz CT molecular complexity index is 760. The molecular formula is C17H26N4O4S. The second kappa shape index (κ2) is 7.50. The van der Waals surface area contributed by atoms with Crippen LogP contribution in [-0.4, -0.2) is 67.9 Å². The molecule has 0 N–H and O–H groups in total. The van der Waals surface area contributed by atoms with Crippen LogP contribution in [0.2, 0.25) is 0 Å². The molecule has 1 amide bonds. The molecule has 144 valence electrons. The summed E-state index contributed by atoms with van der Waals surface area (Å²) in [6.07, 6.45) is 1.91. The first-order valence-electron chi connectivity index (χ1n) is 8.89. The lowest BCUT2D eigenvalue weighted by atomic mass is 9.93. The normalized spacial score (nSPS) is 22.8. The lowest BCUT2D eigenvalue weighted by Gasteiger charge is -2.32. The minimum atomic E-state index is -3.33. The summed E-state index contributed by atoms with van der Waals surface area (Å²) in [6.45, 7) is 3.43. The quantitative estimate of drug-likeness (QED) is 0.770. The van der Waals surface area contributed by atoms with Crippen LogP contribution in [0.5, 0.6) is 0 Å². The number of hydrogen-bond donors (Lipinski definition) is 0. The molecule has 8 nitrogen and oxygen atoms in total. The van der Waals surface area contributed by atoms with Crippen molar-refractivity contribution < 1.29 is 17.9 Å². The van der Waals surface area contributed by atoms with Gasteiger partial charge in [-0.15, -0.1) is 0 Å². The van der Waals surface area contributed by atoms with Crippen molar-refractivity contribution >= 4 is 22.1 Å². The van der Waals surface area contributed by atoms with Crippen molar-refractivity contribution in [2.24, 2.45) is 5.92 Å². The van der Waals surface area contributed by atoms with Crippen molar-refractivity contribution in [3.8, 4) is 0 Å². The van der Waals surface area contributed by atoms with E-state index in [0.29, 0.717) is 31.4 Å². The summed E-state index contributed by atoms with van der Waals surface area (Å²) in [4.78, 5) is 18.0. The van der Waals surface area contributed by atoms with Crippen LogP contribution in [0.1, 0.15) is 25.5 Å². The van der Waals surface area contributed by atoms with E-state index in [0.717, 1.165) is 25.0 Å². The van der Waals surface area contributed by atoms with Gasteiger partial charge in [0.2, 0.25) is 0 Å². The predicted octanol–water partition coefficient (Wildman–Crippen LogP) is 1.49. The van der Waals surface area contributed by atoms with E-state index in [-0.39, 0.29) is 12.2 Å². The fraction of sp³-hybridized carbons (Fsp3) is 0.647. The summed E-state index contributed by atoms with van der Waals surface area (Å²) in [7, 11) is -0.219. The van der Waals surface area contributed by atoms with Crippen molar-refractivity contribution in [3.63, 3.8) is 0 Å². The molecule has 2 fully saturated rings. The molecular weight excluding hydrogens is 356 g/mol. The van der Waals surface area contributed by atoms with Gasteiger partial charge in [-0.05, 0) is 44.2 Å². The summed E-state index contributed by atoms with van der Waals surface area (Å²) >= 11 is 0. The highest BCUT2D eigenvalue weighted by atomic mass is 32.2. The van der Waals surface area contributed by atoms with E-state index < -0.39 is 10.2 Å². The molecule has 3 heterocycles. The highest BCUT2D eigenvalue weighted by Crippen LogP contribution is 2.25. The van der Waals surface area contributed by atoms with Gasteiger partial charge in [0.25, 0.3) is 10.2 Å². The zero-order valence-electron chi connectivity index (χ0n) is 15.5. The van der Waals surface area contributed by atoms with Gasteiger partial charge in [-0.1, -0.05) is 6.07 Å². The van der Waals surface area contributed by atoms with Crippen LogP contribution < -0.4 is 4.90 Å². The number of carbonyl (C=O) groups is 1. The standard InChI is InChI=1S/C17H26N4O4S/c1-13-12-21(17(22)25-13)16-6-4-5-15(18-16)11-14-7-9-20(10-8-14)26(23,24)19(2)3/h4-6,13-14H,7-12H2,1-3H3. The summed E-state index contributed by atoms with van der Waals surface area (Å²) < 4.78 is 32.3. The van der Waals surface area contributed by atoms with Crippen molar-refractivity contribution in [1.82, 2.24) is 13.6 Å². The van der Waals surface area contributed by atoms with Gasteiger partial charge in [0.1, 0.15) is 11.9 Å². The summed E-state index contributed by atoms with van der Waals surface area (Å²) in [5, 5.41) is 0. The highest BCUT2D eigenvalue weighted by Gasteiger charge is 2.31. The number of carbonyl (C=O) groups excluding carboxylic acids is 1. The second-order valence-electron chi connectivity index (χ2n) is 7.13. The van der Waals surface area contributed by atoms with Gasteiger partial charge in [-0.25, -0.2) is 9.78 Å². The lowest BCUT2D eigenvalue weighted by molar-refractivity contribution is 0.150. The number of nitrogens with zero attached hydrogens (tertiary/aromatic N) is 4. The fourth-order valence-electron chi connectivity index (χ4n) is 3.39. The topological polar surface area (TPSA) is 83.1 Å².